The van der Waals surface area contributed by atoms with Gasteiger partial charge in [-0.05, 0) is 185 Å². The van der Waals surface area contributed by atoms with E-state index >= 15 is 0 Å². The van der Waals surface area contributed by atoms with Crippen molar-refractivity contribution in [3.8, 4) is 18.2 Å². The van der Waals surface area contributed by atoms with Crippen molar-refractivity contribution in [3.05, 3.63) is 297 Å². The van der Waals surface area contributed by atoms with E-state index in [0.717, 1.165) is 33.6 Å². The number of nitriles is 3. The summed E-state index contributed by atoms with van der Waals surface area (Å²) in [6.45, 7) is 9.85. The number of hydrogen-bond donors (Lipinski definition) is 4. The minimum absolute atomic E-state index is 0. The normalized spacial score (nSPS) is 17.9. The second-order valence-electron chi connectivity index (χ2n) is 31.5. The maximum Gasteiger partial charge on any atom is 2.00 e. The molecule has 0 saturated heterocycles. The second kappa shape index (κ2) is 45.6. The maximum atomic E-state index is 13.9. The molecule has 8 aromatic carbocycles. The molecule has 1 fully saturated rings. The fourth-order valence-corrected chi connectivity index (χ4v) is 20.0. The number of aromatic nitrogens is 8. The molecule has 0 radical (unpaired) electrons. The minimum Gasteiger partial charge on any atom is -1.00 e. The van der Waals surface area contributed by atoms with E-state index in [1.165, 1.54) is 87.9 Å². The van der Waals surface area contributed by atoms with E-state index in [4.69, 9.17) is 131 Å². The van der Waals surface area contributed by atoms with Gasteiger partial charge in [0.05, 0.1) is 82.1 Å². The molecule has 0 unspecified atom stereocenters. The van der Waals surface area contributed by atoms with E-state index in [9.17, 15) is 45.6 Å². The van der Waals surface area contributed by atoms with Crippen LogP contribution in [-0.4, -0.2) is 126 Å². The summed E-state index contributed by atoms with van der Waals surface area (Å²) in [6.07, 6.45) is 18.4. The number of halogens is 12. The number of fused-ring (bicyclic) bond motifs is 4. The van der Waals surface area contributed by atoms with E-state index < -0.39 is 76.9 Å². The smallest absolute Gasteiger partial charge is 1.00 e. The summed E-state index contributed by atoms with van der Waals surface area (Å²) in [6, 6.07) is 52.1. The number of anilines is 8. The van der Waals surface area contributed by atoms with Crippen molar-refractivity contribution in [2.45, 2.75) is 145 Å². The van der Waals surface area contributed by atoms with Crippen LogP contribution in [0.1, 0.15) is 114 Å². The predicted octanol–water partition coefficient (Wildman–Crippen LogP) is 16.0. The van der Waals surface area contributed by atoms with E-state index in [1.54, 1.807) is 146 Å². The van der Waals surface area contributed by atoms with Crippen molar-refractivity contribution in [2.24, 2.45) is 17.2 Å². The zero-order valence-electron chi connectivity index (χ0n) is 71.6. The van der Waals surface area contributed by atoms with Crippen LogP contribution < -0.4 is 53.9 Å². The first-order valence-corrected chi connectivity index (χ1v) is 47.3. The number of nitrogens with zero attached hydrogens (tertiary/aromatic N) is 15. The van der Waals surface area contributed by atoms with Crippen LogP contribution in [0.3, 0.4) is 0 Å². The SMILES string of the molecule is C.C[C@@]1(Cc2ccc(Br)cc2)C(=O)N(c2cc(Cl)cc(Cl)c2)c2nccn21.C[C@@]1(Cc2ccc(C#N)cc2)C(=O)N(c2cc(Cl)cc(Cl)c2)c2ncc(S(=O)(=O)Cl)n21.C[C@@]1(Cc2ccc(C#N)cc2)C(=O)N(c2cc(Cl)cc(Cl)c2)c2nccn21.C[C@H](N)C(N)=O.C[C@H](NS(=O)(=O)c1cnc2n1[C@](C)(Cc1ccc(C#N)cc1)C(=O)N2c1cc(Cl)cc(Cl)c1)C(N)=O.Cl.[CH-]1CCCC1.[Cl-].[Mg+2]. The molecule has 8 heterocycles. The van der Waals surface area contributed by atoms with Gasteiger partial charge in [-0.15, -0.1) is 12.4 Å². The number of carbonyl (C=O) groups excluding carboxylic acids is 6. The number of hydrogen-bond acceptors (Lipinski definition) is 18. The number of carbonyl (C=O) groups is 6. The monoisotopic (exact) mass is 2150 g/mol. The van der Waals surface area contributed by atoms with Crippen molar-refractivity contribution in [3.63, 3.8) is 0 Å². The molecule has 1 saturated carbocycles. The number of benzene rings is 8. The average molecular weight is 2160 g/mol. The van der Waals surface area contributed by atoms with Crippen LogP contribution in [0, 0.1) is 40.4 Å². The number of primary amides is 2. The molecule has 5 aliphatic rings. The number of imidazole rings is 4. The minimum atomic E-state index is -4.33. The Kier molecular flexibility index (Phi) is 37.3. The van der Waals surface area contributed by atoms with Gasteiger partial charge in [0.2, 0.25) is 35.6 Å². The molecule has 17 rings (SSSR count). The van der Waals surface area contributed by atoms with Crippen LogP contribution in [0.2, 0.25) is 40.2 Å². The molecule has 6 atom stereocenters. The molecule has 4 aromatic heterocycles. The van der Waals surface area contributed by atoms with Crippen molar-refractivity contribution >= 4 is 256 Å². The Bertz CT molecular complexity index is 6750. The molecule has 4 aliphatic heterocycles. The molecule has 12 aromatic rings. The molecule has 44 heteroatoms. The fourth-order valence-electron chi connectivity index (χ4n) is 15.3. The zero-order valence-corrected chi connectivity index (χ0v) is 84.6. The predicted molar refractivity (Wildman–Crippen MR) is 528 cm³/mol. The summed E-state index contributed by atoms with van der Waals surface area (Å²) in [4.78, 5) is 98.6. The summed E-state index contributed by atoms with van der Waals surface area (Å²) in [5.74, 6) is -1.23. The van der Waals surface area contributed by atoms with E-state index in [2.05, 4.69) is 58.8 Å². The second-order valence-corrected chi connectivity index (χ2v) is 40.1. The van der Waals surface area contributed by atoms with Gasteiger partial charge in [-0.2, -0.15) is 33.3 Å². The van der Waals surface area contributed by atoms with Crippen molar-refractivity contribution < 1.29 is 58.0 Å². The summed E-state index contributed by atoms with van der Waals surface area (Å²) in [5, 5.41) is 29.4. The Morgan fingerprint density at radius 3 is 1.00 bits per heavy atom. The largest absolute Gasteiger partial charge is 2.00 e. The Balaban J connectivity index is 0.000000212. The average Bonchev–Trinajstić information content (AvgIpc) is 1.56. The van der Waals surface area contributed by atoms with Gasteiger partial charge in [-0.1, -0.05) is 178 Å². The number of rotatable bonds is 18. The number of nitrogens with two attached hydrogens (primary N) is 3. The van der Waals surface area contributed by atoms with E-state index in [1.807, 2.05) is 77.7 Å². The Morgan fingerprint density at radius 2 is 0.733 bits per heavy atom. The van der Waals surface area contributed by atoms with Gasteiger partial charge in [0.1, 0.15) is 22.2 Å². The van der Waals surface area contributed by atoms with Crippen LogP contribution >= 0.6 is 132 Å². The third-order valence-electron chi connectivity index (χ3n) is 21.7. The molecule has 29 nitrogen and oxygen atoms in total. The standard InChI is InChI=1S/C23H20Cl2N6O4S.C20H13Cl3N4O3S.C20H14Cl2N4O.C19H14BrCl2N3O.C5H9.C3H8N2O.CH4.2ClH.Mg/c1-13(20(27)32)29-36(34,35)19-12-28-22-30(18-8-16(24)7-17(25)9-18)21(33)23(2,31(19)22)10-14-3-5-15(11-26)6-4-14;1-20(9-12-2-4-13(10-24)5-3-12)18(28)26(16-7-14(21)6-15(22)8-16)19-25-11-17(27(19)20)31(23,29)30;1-20(11-13-2-4-14(12-23)5-3-13)18(27)26(19-24-6-7-25(19)20)17-9-15(21)8-16(22)10-17;1-19(11-12-2-4-13(20)5-3-12)17(26)25(18-23-6-7-24(18)19)16-9-14(21)8-15(22)10-16;1-2-4-5-3-1;1-2(4)3(5)6;;;;/h3-9,12-13,29H,10H2,1-2H3,(H2,27,32);2-8,11H,9H2,1H3;2-10H,11H2,1H3;2-10H,11H2,1H3;1H,2-5H2;2H,4H2,1H3,(H2,5,6);1H4;2*1H;/q;;;;-1;;;;;+2/p-1/t13-,23+;2*20-;19-;;2-;;;;/m0111.0..../s1. The summed E-state index contributed by atoms with van der Waals surface area (Å²) < 4.78 is 60.6. The summed E-state index contributed by atoms with van der Waals surface area (Å²) >= 11 is 52.6. The Labute approximate surface area is 861 Å². The number of amides is 6. The summed E-state index contributed by atoms with van der Waals surface area (Å²) in [7, 11) is -2.89. The first-order valence-electron chi connectivity index (χ1n) is 39.7. The van der Waals surface area contributed by atoms with Gasteiger partial charge in [0, 0.05) is 106 Å². The number of sulfonamides is 1. The van der Waals surface area contributed by atoms with Crippen molar-refractivity contribution in [1.82, 2.24) is 42.9 Å². The maximum absolute atomic E-state index is 13.9. The first kappa shape index (κ1) is 110. The van der Waals surface area contributed by atoms with Gasteiger partial charge in [0.15, 0.2) is 10.1 Å². The summed E-state index contributed by atoms with van der Waals surface area (Å²) in [5.41, 5.74) is 17.1. The van der Waals surface area contributed by atoms with Crippen LogP contribution in [0.5, 0.6) is 0 Å². The first-order chi connectivity index (χ1) is 61.9. The molecule has 135 heavy (non-hydrogen) atoms. The van der Waals surface area contributed by atoms with Gasteiger partial charge in [-0.25, -0.2) is 56.4 Å². The van der Waals surface area contributed by atoms with Gasteiger partial charge in [-0.3, -0.25) is 37.9 Å². The molecule has 6 amide bonds. The topological polar surface area (TPSA) is 416 Å². The van der Waals surface area contributed by atoms with E-state index in [0.29, 0.717) is 99.9 Å². The van der Waals surface area contributed by atoms with Gasteiger partial charge >= 0.3 is 23.1 Å². The number of nitrogens with one attached hydrogen (secondary N) is 1. The van der Waals surface area contributed by atoms with Crippen LogP contribution in [0.15, 0.2) is 222 Å². The Morgan fingerprint density at radius 1 is 0.467 bits per heavy atom. The van der Waals surface area contributed by atoms with Crippen molar-refractivity contribution in [1.29, 1.82) is 15.8 Å². The van der Waals surface area contributed by atoms with Crippen LogP contribution in [0.25, 0.3) is 0 Å². The van der Waals surface area contributed by atoms with Crippen LogP contribution in [0.4, 0.5) is 46.5 Å². The fraction of sp³-hybridized carbons (Fsp3) is 0.231. The van der Waals surface area contributed by atoms with Gasteiger partial charge in [0.25, 0.3) is 42.7 Å². The molecular weight excluding hydrogens is 2080 g/mol. The molecule has 0 spiro atoms. The van der Waals surface area contributed by atoms with Crippen LogP contribution in [-0.2, 0) is 95.7 Å². The zero-order chi connectivity index (χ0) is 95.3. The van der Waals surface area contributed by atoms with Crippen molar-refractivity contribution in [2.75, 3.05) is 19.6 Å². The molecule has 7 N–H and O–H groups in total. The molecule has 1 aliphatic carbocycles. The third kappa shape index (κ3) is 24.3. The third-order valence-corrected chi connectivity index (χ3v) is 26.8. The van der Waals surface area contributed by atoms with Gasteiger partial charge < -0.3 is 45.2 Å². The van der Waals surface area contributed by atoms with E-state index in [-0.39, 0.29) is 112 Å². The quantitative estimate of drug-likeness (QED) is 0.0352. The molecule has 700 valence electrons. The Hall–Kier alpha value is -9.85. The molecule has 0 bridgehead atoms. The molecular formula is C91H83BrCl11MgN19O10S2.